The number of carbonyl (C=O) groups excluding carboxylic acids is 1. The highest BCUT2D eigenvalue weighted by molar-refractivity contribution is 6.10. The highest BCUT2D eigenvalue weighted by Crippen LogP contribution is 2.26. The summed E-state index contributed by atoms with van der Waals surface area (Å²) in [5, 5.41) is 0. The highest BCUT2D eigenvalue weighted by atomic mass is 16.2. The van der Waals surface area contributed by atoms with E-state index in [1.165, 1.54) is 0 Å². The lowest BCUT2D eigenvalue weighted by atomic mass is 10.1. The van der Waals surface area contributed by atoms with Crippen molar-refractivity contribution in [3.63, 3.8) is 0 Å². The Labute approximate surface area is 123 Å². The quantitative estimate of drug-likeness (QED) is 0.721. The summed E-state index contributed by atoms with van der Waals surface area (Å²) < 4.78 is 0. The van der Waals surface area contributed by atoms with Gasteiger partial charge in [-0.25, -0.2) is 0 Å². The predicted molar refractivity (Wildman–Crippen MR) is 83.6 cm³/mol. The van der Waals surface area contributed by atoms with Gasteiger partial charge in [0.1, 0.15) is 0 Å². The van der Waals surface area contributed by atoms with E-state index in [0.717, 1.165) is 11.4 Å². The Morgan fingerprint density at radius 2 is 1.38 bits per heavy atom. The van der Waals surface area contributed by atoms with Crippen LogP contribution in [0.4, 0.5) is 11.4 Å². The number of para-hydroxylation sites is 1. The fraction of sp³-hybridized carbons (Fsp3) is 0. The third-order valence-electron chi connectivity index (χ3n) is 3.14. The average Bonchev–Trinajstić information content (AvgIpc) is 2.58. The first-order valence-corrected chi connectivity index (χ1v) is 6.71. The first-order chi connectivity index (χ1) is 10.4. The van der Waals surface area contributed by atoms with Gasteiger partial charge in [-0.1, -0.05) is 36.4 Å². The van der Waals surface area contributed by atoms with Crippen LogP contribution in [-0.2, 0) is 0 Å². The van der Waals surface area contributed by atoms with Gasteiger partial charge in [-0.2, -0.15) is 0 Å². The fourth-order valence-corrected chi connectivity index (χ4v) is 2.16. The van der Waals surface area contributed by atoms with Crippen LogP contribution in [0, 0.1) is 0 Å². The number of amides is 1. The van der Waals surface area contributed by atoms with E-state index in [-0.39, 0.29) is 5.91 Å². The number of benzene rings is 2. The molecule has 0 unspecified atom stereocenters. The molecule has 0 atom stereocenters. The summed E-state index contributed by atoms with van der Waals surface area (Å²) in [5.41, 5.74) is 2.21. The van der Waals surface area contributed by atoms with Gasteiger partial charge in [-0.3, -0.25) is 14.7 Å². The maximum atomic E-state index is 12.8. The smallest absolute Gasteiger partial charge is 0.262 e. The zero-order chi connectivity index (χ0) is 14.5. The Balaban J connectivity index is 2.07. The number of rotatable bonds is 3. The van der Waals surface area contributed by atoms with E-state index in [2.05, 4.69) is 4.98 Å². The summed E-state index contributed by atoms with van der Waals surface area (Å²) in [4.78, 5) is 18.6. The van der Waals surface area contributed by atoms with E-state index < -0.39 is 0 Å². The van der Waals surface area contributed by atoms with E-state index >= 15 is 0 Å². The Hall–Kier alpha value is -2.94. The first-order valence-electron chi connectivity index (χ1n) is 6.71. The minimum atomic E-state index is -0.0743. The normalized spacial score (nSPS) is 10.1. The van der Waals surface area contributed by atoms with E-state index in [1.54, 1.807) is 17.3 Å². The standard InChI is InChI=1S/C18H14N2O/c21-18(15-8-3-1-4-9-15)20(16-10-5-2-6-11-16)17-12-7-13-19-14-17/h1-14H. The van der Waals surface area contributed by atoms with Crippen LogP contribution < -0.4 is 4.90 Å². The number of anilines is 2. The molecule has 3 aromatic rings. The van der Waals surface area contributed by atoms with Crippen LogP contribution in [0.1, 0.15) is 10.4 Å². The molecular formula is C18H14N2O. The van der Waals surface area contributed by atoms with E-state index in [0.29, 0.717) is 5.56 Å². The van der Waals surface area contributed by atoms with Crippen molar-refractivity contribution in [1.29, 1.82) is 0 Å². The molecule has 2 aromatic carbocycles. The number of hydrogen-bond acceptors (Lipinski definition) is 2. The largest absolute Gasteiger partial charge is 0.275 e. The molecule has 0 saturated carbocycles. The van der Waals surface area contributed by atoms with Crippen molar-refractivity contribution < 1.29 is 4.79 Å². The second kappa shape index (κ2) is 6.01. The molecule has 3 nitrogen and oxygen atoms in total. The van der Waals surface area contributed by atoms with Gasteiger partial charge in [0.15, 0.2) is 0 Å². The fourth-order valence-electron chi connectivity index (χ4n) is 2.16. The summed E-state index contributed by atoms with van der Waals surface area (Å²) in [5.74, 6) is -0.0743. The number of hydrogen-bond donors (Lipinski definition) is 0. The molecule has 0 fully saturated rings. The number of nitrogens with zero attached hydrogens (tertiary/aromatic N) is 2. The molecule has 1 heterocycles. The molecule has 0 aliphatic carbocycles. The molecule has 21 heavy (non-hydrogen) atoms. The summed E-state index contributed by atoms with van der Waals surface area (Å²) in [6, 6.07) is 22.5. The minimum absolute atomic E-state index is 0.0743. The third kappa shape index (κ3) is 2.82. The lowest BCUT2D eigenvalue weighted by molar-refractivity contribution is 0.0999. The van der Waals surface area contributed by atoms with Gasteiger partial charge in [0, 0.05) is 17.4 Å². The molecule has 0 radical (unpaired) electrons. The summed E-state index contributed by atoms with van der Waals surface area (Å²) in [6.45, 7) is 0. The van der Waals surface area contributed by atoms with Crippen molar-refractivity contribution in [1.82, 2.24) is 4.98 Å². The van der Waals surface area contributed by atoms with Crippen LogP contribution in [0.15, 0.2) is 85.2 Å². The number of aromatic nitrogens is 1. The van der Waals surface area contributed by atoms with Crippen LogP contribution >= 0.6 is 0 Å². The van der Waals surface area contributed by atoms with Crippen molar-refractivity contribution in [2.24, 2.45) is 0 Å². The van der Waals surface area contributed by atoms with Gasteiger partial charge in [0.2, 0.25) is 0 Å². The molecule has 3 rings (SSSR count). The van der Waals surface area contributed by atoms with Gasteiger partial charge >= 0.3 is 0 Å². The summed E-state index contributed by atoms with van der Waals surface area (Å²) in [7, 11) is 0. The van der Waals surface area contributed by atoms with Gasteiger partial charge in [-0.15, -0.1) is 0 Å². The van der Waals surface area contributed by atoms with Gasteiger partial charge in [-0.05, 0) is 36.4 Å². The van der Waals surface area contributed by atoms with Crippen molar-refractivity contribution in [3.05, 3.63) is 90.8 Å². The molecule has 0 aliphatic rings. The number of pyridine rings is 1. The Morgan fingerprint density at radius 3 is 2.00 bits per heavy atom. The summed E-state index contributed by atoms with van der Waals surface area (Å²) in [6.07, 6.45) is 3.38. The van der Waals surface area contributed by atoms with E-state index in [4.69, 9.17) is 0 Å². The Morgan fingerprint density at radius 1 is 0.762 bits per heavy atom. The first kappa shape index (κ1) is 13.1. The lowest BCUT2D eigenvalue weighted by Crippen LogP contribution is -2.25. The zero-order valence-electron chi connectivity index (χ0n) is 11.4. The van der Waals surface area contributed by atoms with Crippen LogP contribution in [0.25, 0.3) is 0 Å². The van der Waals surface area contributed by atoms with Crippen LogP contribution in [-0.4, -0.2) is 10.9 Å². The highest BCUT2D eigenvalue weighted by Gasteiger charge is 2.19. The van der Waals surface area contributed by atoms with Gasteiger partial charge in [0.25, 0.3) is 5.91 Å². The maximum absolute atomic E-state index is 12.8. The lowest BCUT2D eigenvalue weighted by Gasteiger charge is -2.22. The van der Waals surface area contributed by atoms with Gasteiger partial charge in [0.05, 0.1) is 11.9 Å². The summed E-state index contributed by atoms with van der Waals surface area (Å²) >= 11 is 0. The zero-order valence-corrected chi connectivity index (χ0v) is 11.4. The maximum Gasteiger partial charge on any atom is 0.262 e. The molecule has 3 heteroatoms. The van der Waals surface area contributed by atoms with Crippen molar-refractivity contribution >= 4 is 17.3 Å². The molecule has 0 aliphatic heterocycles. The van der Waals surface area contributed by atoms with Crippen molar-refractivity contribution in [2.75, 3.05) is 4.90 Å². The molecule has 0 spiro atoms. The van der Waals surface area contributed by atoms with Crippen LogP contribution in [0.5, 0.6) is 0 Å². The molecule has 102 valence electrons. The molecule has 0 N–H and O–H groups in total. The number of carbonyl (C=O) groups is 1. The van der Waals surface area contributed by atoms with Crippen LogP contribution in [0.2, 0.25) is 0 Å². The third-order valence-corrected chi connectivity index (χ3v) is 3.14. The Kier molecular flexibility index (Phi) is 3.74. The molecule has 1 aromatic heterocycles. The van der Waals surface area contributed by atoms with Crippen LogP contribution in [0.3, 0.4) is 0 Å². The van der Waals surface area contributed by atoms with Gasteiger partial charge < -0.3 is 0 Å². The molecule has 0 saturated heterocycles. The predicted octanol–water partition coefficient (Wildman–Crippen LogP) is 4.06. The molecular weight excluding hydrogens is 260 g/mol. The minimum Gasteiger partial charge on any atom is -0.275 e. The SMILES string of the molecule is O=C(c1ccccc1)N(c1ccccc1)c1cccnc1. The molecule has 0 bridgehead atoms. The monoisotopic (exact) mass is 274 g/mol. The average molecular weight is 274 g/mol. The topological polar surface area (TPSA) is 33.2 Å². The second-order valence-corrected chi connectivity index (χ2v) is 4.55. The van der Waals surface area contributed by atoms with E-state index in [9.17, 15) is 4.79 Å². The van der Waals surface area contributed by atoms with Crippen molar-refractivity contribution in [3.8, 4) is 0 Å². The van der Waals surface area contributed by atoms with E-state index in [1.807, 2.05) is 72.8 Å². The Bertz CT molecular complexity index is 672. The van der Waals surface area contributed by atoms with Crippen molar-refractivity contribution in [2.45, 2.75) is 0 Å². The second-order valence-electron chi connectivity index (χ2n) is 4.55. The molecule has 1 amide bonds.